The molecule has 0 aliphatic heterocycles. The van der Waals surface area contributed by atoms with Crippen LogP contribution in [0.5, 0.6) is 5.75 Å². The summed E-state index contributed by atoms with van der Waals surface area (Å²) in [4.78, 5) is 24.5. The molecule has 0 heterocycles. The number of carbonyl (C=O) groups is 2. The van der Waals surface area contributed by atoms with Crippen molar-refractivity contribution in [3.05, 3.63) is 60.2 Å². The Morgan fingerprint density at radius 3 is 2.46 bits per heavy atom. The number of hydrogen-bond donors (Lipinski definition) is 2. The van der Waals surface area contributed by atoms with Crippen LogP contribution in [0.4, 0.5) is 0 Å². The summed E-state index contributed by atoms with van der Waals surface area (Å²) in [5.41, 5.74) is 3.34. The minimum Gasteiger partial charge on any atom is -0.484 e. The van der Waals surface area contributed by atoms with E-state index in [0.717, 1.165) is 10.5 Å². The van der Waals surface area contributed by atoms with Gasteiger partial charge in [0.05, 0.1) is 6.21 Å². The number of carbonyl (C=O) groups excluding carboxylic acids is 2. The molecule has 0 aliphatic rings. The summed E-state index contributed by atoms with van der Waals surface area (Å²) in [6, 6.07) is 17.1. The molecule has 2 amide bonds. The second-order valence-corrected chi connectivity index (χ2v) is 7.45. The van der Waals surface area contributed by atoms with Crippen LogP contribution >= 0.6 is 11.8 Å². The van der Waals surface area contributed by atoms with Crippen LogP contribution < -0.4 is 15.5 Å². The van der Waals surface area contributed by atoms with E-state index in [2.05, 4.69) is 15.8 Å². The van der Waals surface area contributed by atoms with Crippen molar-refractivity contribution >= 4 is 29.8 Å². The molecule has 0 unspecified atom stereocenters. The average molecular weight is 400 g/mol. The fourth-order valence-corrected chi connectivity index (χ4v) is 3.05. The Bertz CT molecular complexity index is 777. The summed E-state index contributed by atoms with van der Waals surface area (Å²) in [5, 5.41) is 6.72. The molecule has 2 rings (SSSR count). The van der Waals surface area contributed by atoms with E-state index >= 15 is 0 Å². The first-order chi connectivity index (χ1) is 13.5. The van der Waals surface area contributed by atoms with Crippen molar-refractivity contribution < 1.29 is 14.3 Å². The van der Waals surface area contributed by atoms with E-state index in [-0.39, 0.29) is 24.5 Å². The van der Waals surface area contributed by atoms with Gasteiger partial charge in [-0.1, -0.05) is 18.2 Å². The fourth-order valence-electron chi connectivity index (χ4n) is 2.18. The summed E-state index contributed by atoms with van der Waals surface area (Å²) < 4.78 is 5.42. The third-order valence-electron chi connectivity index (χ3n) is 3.44. The molecule has 0 atom stereocenters. The number of rotatable bonds is 10. The highest BCUT2D eigenvalue weighted by atomic mass is 32.2. The maximum absolute atomic E-state index is 11.8. The van der Waals surface area contributed by atoms with Gasteiger partial charge in [0.25, 0.3) is 5.91 Å². The lowest BCUT2D eigenvalue weighted by atomic mass is 10.2. The number of ether oxygens (including phenoxy) is 1. The highest BCUT2D eigenvalue weighted by Crippen LogP contribution is 2.17. The highest BCUT2D eigenvalue weighted by Gasteiger charge is 2.04. The minimum absolute atomic E-state index is 0.0251. The first-order valence-electron chi connectivity index (χ1n) is 9.05. The Labute approximate surface area is 169 Å². The molecule has 0 bridgehead atoms. The number of benzene rings is 2. The predicted octanol–water partition coefficient (Wildman–Crippen LogP) is 3.22. The molecule has 0 saturated heterocycles. The van der Waals surface area contributed by atoms with E-state index in [4.69, 9.17) is 4.74 Å². The average Bonchev–Trinajstić information content (AvgIpc) is 2.68. The van der Waals surface area contributed by atoms with Crippen LogP contribution in [0.2, 0.25) is 0 Å². The monoisotopic (exact) mass is 399 g/mol. The zero-order valence-electron chi connectivity index (χ0n) is 16.1. The van der Waals surface area contributed by atoms with Crippen LogP contribution in [0.1, 0.15) is 25.8 Å². The van der Waals surface area contributed by atoms with Gasteiger partial charge in [-0.05, 0) is 55.8 Å². The topological polar surface area (TPSA) is 79.8 Å². The Balaban J connectivity index is 1.67. The van der Waals surface area contributed by atoms with Crippen LogP contribution in [-0.4, -0.2) is 36.4 Å². The van der Waals surface area contributed by atoms with Crippen LogP contribution in [0, 0.1) is 0 Å². The molecule has 7 heteroatoms. The molecule has 28 heavy (non-hydrogen) atoms. The van der Waals surface area contributed by atoms with E-state index < -0.39 is 0 Å². The SMILES string of the molecule is CC(C)NC(=O)COc1ccc(/C=N/NC(=O)CCSc2ccccc2)cc1. The predicted molar refractivity (Wildman–Crippen MR) is 113 cm³/mol. The molecule has 2 aromatic rings. The lowest BCUT2D eigenvalue weighted by Crippen LogP contribution is -2.34. The molecular formula is C21H25N3O3S. The zero-order valence-corrected chi connectivity index (χ0v) is 16.9. The molecule has 0 fully saturated rings. The third-order valence-corrected chi connectivity index (χ3v) is 4.46. The van der Waals surface area contributed by atoms with Crippen molar-refractivity contribution in [2.24, 2.45) is 5.10 Å². The first-order valence-corrected chi connectivity index (χ1v) is 10.0. The molecule has 0 saturated carbocycles. The van der Waals surface area contributed by atoms with E-state index in [1.807, 2.05) is 44.2 Å². The number of hydrazone groups is 1. The Hall–Kier alpha value is -2.80. The van der Waals surface area contributed by atoms with Crippen molar-refractivity contribution in [2.45, 2.75) is 31.2 Å². The van der Waals surface area contributed by atoms with Gasteiger partial charge in [-0.2, -0.15) is 5.10 Å². The Morgan fingerprint density at radius 2 is 1.79 bits per heavy atom. The largest absolute Gasteiger partial charge is 0.484 e. The molecular weight excluding hydrogens is 374 g/mol. The van der Waals surface area contributed by atoms with Gasteiger partial charge in [-0.3, -0.25) is 9.59 Å². The summed E-state index contributed by atoms with van der Waals surface area (Å²) in [7, 11) is 0. The first kappa shape index (κ1) is 21.5. The van der Waals surface area contributed by atoms with E-state index in [9.17, 15) is 9.59 Å². The zero-order chi connectivity index (χ0) is 20.2. The van der Waals surface area contributed by atoms with Gasteiger partial charge in [-0.25, -0.2) is 5.43 Å². The van der Waals surface area contributed by atoms with E-state index in [1.165, 1.54) is 0 Å². The lowest BCUT2D eigenvalue weighted by molar-refractivity contribution is -0.123. The van der Waals surface area contributed by atoms with Crippen molar-refractivity contribution in [3.63, 3.8) is 0 Å². The molecule has 2 aromatic carbocycles. The molecule has 6 nitrogen and oxygen atoms in total. The second-order valence-electron chi connectivity index (χ2n) is 6.28. The van der Waals surface area contributed by atoms with Gasteiger partial charge in [-0.15, -0.1) is 11.8 Å². The fraction of sp³-hybridized carbons (Fsp3) is 0.286. The molecule has 0 aromatic heterocycles. The Kier molecular flexibility index (Phi) is 9.07. The molecule has 2 N–H and O–H groups in total. The van der Waals surface area contributed by atoms with Crippen LogP contribution in [0.25, 0.3) is 0 Å². The van der Waals surface area contributed by atoms with Crippen LogP contribution in [-0.2, 0) is 9.59 Å². The summed E-state index contributed by atoms with van der Waals surface area (Å²) in [5.74, 6) is 1.00. The molecule has 0 spiro atoms. The van der Waals surface area contributed by atoms with Gasteiger partial charge in [0.15, 0.2) is 6.61 Å². The third kappa shape index (κ3) is 8.73. The van der Waals surface area contributed by atoms with E-state index in [1.54, 1.807) is 42.2 Å². The van der Waals surface area contributed by atoms with Crippen molar-refractivity contribution in [3.8, 4) is 5.75 Å². The summed E-state index contributed by atoms with van der Waals surface area (Å²) in [6.07, 6.45) is 1.96. The number of nitrogens with one attached hydrogen (secondary N) is 2. The van der Waals surface area contributed by atoms with Crippen LogP contribution in [0.15, 0.2) is 64.6 Å². The smallest absolute Gasteiger partial charge is 0.258 e. The maximum Gasteiger partial charge on any atom is 0.258 e. The Morgan fingerprint density at radius 1 is 1.07 bits per heavy atom. The number of thioether (sulfide) groups is 1. The van der Waals surface area contributed by atoms with Crippen molar-refractivity contribution in [1.29, 1.82) is 0 Å². The maximum atomic E-state index is 11.8. The van der Waals surface area contributed by atoms with Gasteiger partial charge in [0.2, 0.25) is 5.91 Å². The lowest BCUT2D eigenvalue weighted by Gasteiger charge is -2.09. The minimum atomic E-state index is -0.159. The van der Waals surface area contributed by atoms with Crippen molar-refractivity contribution in [1.82, 2.24) is 10.7 Å². The molecule has 0 aliphatic carbocycles. The van der Waals surface area contributed by atoms with Gasteiger partial charge in [0.1, 0.15) is 5.75 Å². The van der Waals surface area contributed by atoms with Crippen LogP contribution in [0.3, 0.4) is 0 Å². The number of hydrogen-bond acceptors (Lipinski definition) is 5. The van der Waals surface area contributed by atoms with Crippen molar-refractivity contribution in [2.75, 3.05) is 12.4 Å². The normalized spacial score (nSPS) is 10.8. The quantitative estimate of drug-likeness (QED) is 0.365. The van der Waals surface area contributed by atoms with Gasteiger partial charge < -0.3 is 10.1 Å². The number of nitrogens with zero attached hydrogens (tertiary/aromatic N) is 1. The summed E-state index contributed by atoms with van der Waals surface area (Å²) >= 11 is 1.63. The highest BCUT2D eigenvalue weighted by molar-refractivity contribution is 7.99. The summed E-state index contributed by atoms with van der Waals surface area (Å²) in [6.45, 7) is 3.77. The van der Waals surface area contributed by atoms with Gasteiger partial charge in [0, 0.05) is 23.1 Å². The second kappa shape index (κ2) is 11.8. The van der Waals surface area contributed by atoms with E-state index in [0.29, 0.717) is 17.9 Å². The van der Waals surface area contributed by atoms with Gasteiger partial charge >= 0.3 is 0 Å². The molecule has 0 radical (unpaired) electrons. The number of amides is 2. The molecule has 148 valence electrons. The standard InChI is InChI=1S/C21H25N3O3S/c1-16(2)23-21(26)15-27-18-10-8-17(9-11-18)14-22-24-20(25)12-13-28-19-6-4-3-5-7-19/h3-11,14,16H,12-13,15H2,1-2H3,(H,23,26)(H,24,25)/b22-14+.